The summed E-state index contributed by atoms with van der Waals surface area (Å²) in [6.45, 7) is 0. The number of carboxylic acid groups (broad SMARTS) is 1. The number of aliphatic carboxylic acids is 1. The van der Waals surface area contributed by atoms with E-state index in [-0.39, 0.29) is 0 Å². The Morgan fingerprint density at radius 2 is 2.25 bits per heavy atom. The minimum absolute atomic E-state index is 0.363. The maximum Gasteiger partial charge on any atom is 0.309 e. The zero-order valence-electron chi connectivity index (χ0n) is 8.10. The Hall–Kier alpha value is -1.98. The second kappa shape index (κ2) is 3.55. The predicted molar refractivity (Wildman–Crippen MR) is 51.3 cm³/mol. The molecule has 0 aliphatic carbocycles. The molecule has 0 radical (unpaired) electrons. The molecule has 0 saturated carbocycles. The summed E-state index contributed by atoms with van der Waals surface area (Å²) in [5.74, 6) is -4.97. The molecule has 6 heteroatoms. The van der Waals surface area contributed by atoms with E-state index in [1.165, 1.54) is 10.6 Å². The van der Waals surface area contributed by atoms with Gasteiger partial charge in [-0.05, 0) is 12.1 Å². The molecule has 4 nitrogen and oxygen atoms in total. The first-order valence-electron chi connectivity index (χ1n) is 4.53. The van der Waals surface area contributed by atoms with Crippen LogP contribution in [0.5, 0.6) is 0 Å². The maximum atomic E-state index is 13.5. The molecule has 0 fully saturated rings. The second-order valence-corrected chi connectivity index (χ2v) is 3.35. The van der Waals surface area contributed by atoms with E-state index in [0.29, 0.717) is 5.65 Å². The molecule has 2 aromatic rings. The predicted octanol–water partition coefficient (Wildman–Crippen LogP) is 1.90. The highest BCUT2D eigenvalue weighted by Crippen LogP contribution is 2.31. The van der Waals surface area contributed by atoms with Crippen molar-refractivity contribution in [3.05, 3.63) is 36.3 Å². The Balaban J connectivity index is 2.50. The van der Waals surface area contributed by atoms with Crippen molar-refractivity contribution in [1.29, 1.82) is 0 Å². The van der Waals surface area contributed by atoms with Crippen molar-refractivity contribution < 1.29 is 18.7 Å². The van der Waals surface area contributed by atoms with Gasteiger partial charge in [-0.2, -0.15) is 8.78 Å². The van der Waals surface area contributed by atoms with E-state index in [4.69, 9.17) is 5.11 Å². The van der Waals surface area contributed by atoms with Crippen LogP contribution in [0, 0.1) is 0 Å². The molecule has 0 aliphatic rings. The van der Waals surface area contributed by atoms with Gasteiger partial charge in [0.15, 0.2) is 0 Å². The summed E-state index contributed by atoms with van der Waals surface area (Å²) >= 11 is 0. The number of imidazole rings is 1. The van der Waals surface area contributed by atoms with Gasteiger partial charge in [0.05, 0.1) is 6.20 Å². The molecule has 1 N–H and O–H groups in total. The topological polar surface area (TPSA) is 54.6 Å². The van der Waals surface area contributed by atoms with Crippen molar-refractivity contribution >= 4 is 11.6 Å². The van der Waals surface area contributed by atoms with Crippen LogP contribution in [-0.4, -0.2) is 20.5 Å². The molecule has 16 heavy (non-hydrogen) atoms. The molecular weight excluding hydrogens is 218 g/mol. The largest absolute Gasteiger partial charge is 0.481 e. The van der Waals surface area contributed by atoms with Crippen LogP contribution in [0.3, 0.4) is 0 Å². The fourth-order valence-corrected chi connectivity index (χ4v) is 1.48. The number of hydrogen-bond acceptors (Lipinski definition) is 2. The third kappa shape index (κ3) is 1.73. The van der Waals surface area contributed by atoms with E-state index < -0.39 is 24.0 Å². The average molecular weight is 226 g/mol. The molecule has 0 bridgehead atoms. The number of hydrogen-bond donors (Lipinski definition) is 1. The average Bonchev–Trinajstić information content (AvgIpc) is 2.59. The van der Waals surface area contributed by atoms with E-state index >= 15 is 0 Å². The monoisotopic (exact) mass is 226 g/mol. The molecule has 2 rings (SSSR count). The molecule has 0 spiro atoms. The molecule has 0 saturated heterocycles. The van der Waals surface area contributed by atoms with E-state index in [9.17, 15) is 13.6 Å². The van der Waals surface area contributed by atoms with Crippen LogP contribution in [-0.2, 0) is 10.7 Å². The van der Waals surface area contributed by atoms with Gasteiger partial charge in [0.1, 0.15) is 17.8 Å². The summed E-state index contributed by atoms with van der Waals surface area (Å²) in [7, 11) is 0. The Kier molecular flexibility index (Phi) is 2.34. The van der Waals surface area contributed by atoms with Gasteiger partial charge in [0.25, 0.3) is 5.92 Å². The van der Waals surface area contributed by atoms with Gasteiger partial charge in [-0.3, -0.25) is 9.20 Å². The third-order valence-electron chi connectivity index (χ3n) is 2.16. The number of rotatable bonds is 3. The Morgan fingerprint density at radius 1 is 1.50 bits per heavy atom. The van der Waals surface area contributed by atoms with Crippen LogP contribution < -0.4 is 0 Å². The first-order valence-corrected chi connectivity index (χ1v) is 4.53. The SMILES string of the molecule is O=C(O)CC(F)(F)c1cnc2ccccn12. The minimum Gasteiger partial charge on any atom is -0.481 e. The summed E-state index contributed by atoms with van der Waals surface area (Å²) in [5, 5.41) is 8.41. The lowest BCUT2D eigenvalue weighted by Gasteiger charge is -2.13. The number of carbonyl (C=O) groups is 1. The molecule has 84 valence electrons. The third-order valence-corrected chi connectivity index (χ3v) is 2.16. The normalized spacial score (nSPS) is 11.9. The Morgan fingerprint density at radius 3 is 2.94 bits per heavy atom. The van der Waals surface area contributed by atoms with Gasteiger partial charge in [0.2, 0.25) is 0 Å². The fourth-order valence-electron chi connectivity index (χ4n) is 1.48. The van der Waals surface area contributed by atoms with Crippen molar-refractivity contribution in [3.63, 3.8) is 0 Å². The highest BCUT2D eigenvalue weighted by Gasteiger charge is 2.37. The van der Waals surface area contributed by atoms with Gasteiger partial charge >= 0.3 is 5.97 Å². The van der Waals surface area contributed by atoms with Crippen molar-refractivity contribution in [2.24, 2.45) is 0 Å². The molecule has 0 aromatic carbocycles. The highest BCUT2D eigenvalue weighted by atomic mass is 19.3. The Labute approximate surface area is 89.2 Å². The summed E-state index contributed by atoms with van der Waals surface area (Å²) < 4.78 is 28.2. The first kappa shape index (κ1) is 10.5. The van der Waals surface area contributed by atoms with E-state index in [1.807, 2.05) is 0 Å². The quantitative estimate of drug-likeness (QED) is 0.869. The molecule has 0 atom stereocenters. The zero-order chi connectivity index (χ0) is 11.8. The van der Waals surface area contributed by atoms with Crippen LogP contribution in [0.4, 0.5) is 8.78 Å². The number of pyridine rings is 1. The summed E-state index contributed by atoms with van der Waals surface area (Å²) in [4.78, 5) is 14.1. The molecule has 0 aliphatic heterocycles. The lowest BCUT2D eigenvalue weighted by atomic mass is 10.2. The summed E-state index contributed by atoms with van der Waals surface area (Å²) in [5.41, 5.74) is -0.0481. The fraction of sp³-hybridized carbons (Fsp3) is 0.200. The molecule has 2 heterocycles. The van der Waals surface area contributed by atoms with Crippen molar-refractivity contribution in [3.8, 4) is 0 Å². The lowest BCUT2D eigenvalue weighted by molar-refractivity contribution is -0.145. The Bertz CT molecular complexity index is 536. The lowest BCUT2D eigenvalue weighted by Crippen LogP contribution is -2.20. The smallest absolute Gasteiger partial charge is 0.309 e. The summed E-state index contributed by atoms with van der Waals surface area (Å²) in [6.07, 6.45) is 1.18. The first-order chi connectivity index (χ1) is 7.50. The van der Waals surface area contributed by atoms with Gasteiger partial charge in [-0.15, -0.1) is 0 Å². The summed E-state index contributed by atoms with van der Waals surface area (Å²) in [6, 6.07) is 4.82. The number of alkyl halides is 2. The molecular formula is C10H8F2N2O2. The molecule has 0 unspecified atom stereocenters. The van der Waals surface area contributed by atoms with Crippen LogP contribution in [0.25, 0.3) is 5.65 Å². The zero-order valence-corrected chi connectivity index (χ0v) is 8.10. The van der Waals surface area contributed by atoms with E-state index in [0.717, 1.165) is 6.20 Å². The highest BCUT2D eigenvalue weighted by molar-refractivity contribution is 5.68. The molecule has 2 aromatic heterocycles. The number of carboxylic acids is 1. The maximum absolute atomic E-state index is 13.5. The van der Waals surface area contributed by atoms with Gasteiger partial charge in [0, 0.05) is 6.20 Å². The number of nitrogens with zero attached hydrogens (tertiary/aromatic N) is 2. The van der Waals surface area contributed by atoms with E-state index in [1.54, 1.807) is 18.2 Å². The minimum atomic E-state index is -3.42. The van der Waals surface area contributed by atoms with Crippen LogP contribution in [0.1, 0.15) is 12.1 Å². The van der Waals surface area contributed by atoms with Crippen molar-refractivity contribution in [1.82, 2.24) is 9.38 Å². The van der Waals surface area contributed by atoms with Crippen LogP contribution in [0.15, 0.2) is 30.6 Å². The van der Waals surface area contributed by atoms with Gasteiger partial charge < -0.3 is 5.11 Å². The van der Waals surface area contributed by atoms with Crippen molar-refractivity contribution in [2.75, 3.05) is 0 Å². The number of halogens is 2. The standard InChI is InChI=1S/C10H8F2N2O2/c11-10(12,5-9(15)16)7-6-13-8-3-1-2-4-14(7)8/h1-4,6H,5H2,(H,15,16). The number of aromatic nitrogens is 2. The molecule has 0 amide bonds. The van der Waals surface area contributed by atoms with E-state index in [2.05, 4.69) is 4.98 Å². The second-order valence-electron chi connectivity index (χ2n) is 3.35. The van der Waals surface area contributed by atoms with Gasteiger partial charge in [-0.1, -0.05) is 6.07 Å². The van der Waals surface area contributed by atoms with Crippen LogP contribution >= 0.6 is 0 Å². The number of fused-ring (bicyclic) bond motifs is 1. The van der Waals surface area contributed by atoms with Crippen LogP contribution in [0.2, 0.25) is 0 Å². The van der Waals surface area contributed by atoms with Crippen molar-refractivity contribution in [2.45, 2.75) is 12.3 Å². The van der Waals surface area contributed by atoms with Gasteiger partial charge in [-0.25, -0.2) is 4.98 Å².